The minimum absolute atomic E-state index is 0.0379. The second kappa shape index (κ2) is 9.43. The van der Waals surface area contributed by atoms with E-state index in [1.807, 2.05) is 25.1 Å². The third-order valence-electron chi connectivity index (χ3n) is 4.83. The van der Waals surface area contributed by atoms with Crippen molar-refractivity contribution in [2.45, 2.75) is 26.8 Å². The van der Waals surface area contributed by atoms with Crippen molar-refractivity contribution in [1.29, 1.82) is 0 Å². The normalized spacial score (nSPS) is 16.3. The average Bonchev–Trinajstić information content (AvgIpc) is 2.72. The molecule has 1 aliphatic heterocycles. The van der Waals surface area contributed by atoms with Crippen molar-refractivity contribution in [3.05, 3.63) is 76.7 Å². The zero-order valence-electron chi connectivity index (χ0n) is 17.3. The lowest BCUT2D eigenvalue weighted by Crippen LogP contribution is -2.49. The summed E-state index contributed by atoms with van der Waals surface area (Å²) in [7, 11) is 0. The lowest BCUT2D eigenvalue weighted by molar-refractivity contribution is -0.139. The van der Waals surface area contributed by atoms with Crippen LogP contribution in [0.1, 0.15) is 31.0 Å². The number of hydrogen-bond acceptors (Lipinski definition) is 4. The zero-order valence-corrected chi connectivity index (χ0v) is 17.3. The van der Waals surface area contributed by atoms with Crippen LogP contribution in [0, 0.1) is 12.7 Å². The van der Waals surface area contributed by atoms with Crippen LogP contribution >= 0.6 is 0 Å². The molecule has 158 valence electrons. The lowest BCUT2D eigenvalue weighted by Gasteiger charge is -2.36. The molecular weight excluding hydrogens is 387 g/mol. The van der Waals surface area contributed by atoms with E-state index in [4.69, 9.17) is 9.47 Å². The summed E-state index contributed by atoms with van der Waals surface area (Å²) in [5.41, 5.74) is 1.73. The molecule has 3 rings (SSSR count). The van der Waals surface area contributed by atoms with Gasteiger partial charge in [0, 0.05) is 12.1 Å². The van der Waals surface area contributed by atoms with Gasteiger partial charge >= 0.3 is 12.0 Å². The summed E-state index contributed by atoms with van der Waals surface area (Å²) >= 11 is 0. The van der Waals surface area contributed by atoms with Crippen molar-refractivity contribution in [1.82, 2.24) is 10.2 Å². The van der Waals surface area contributed by atoms with Crippen LogP contribution in [0.25, 0.3) is 0 Å². The maximum absolute atomic E-state index is 14.6. The Morgan fingerprint density at radius 2 is 1.93 bits per heavy atom. The van der Waals surface area contributed by atoms with E-state index in [9.17, 15) is 14.0 Å². The molecule has 0 bridgehead atoms. The first-order chi connectivity index (χ1) is 14.5. The fourth-order valence-electron chi connectivity index (χ4n) is 3.44. The number of urea groups is 1. The molecule has 2 amide bonds. The highest BCUT2D eigenvalue weighted by Gasteiger charge is 2.38. The Morgan fingerprint density at radius 1 is 1.17 bits per heavy atom. The number of ether oxygens (including phenoxy) is 2. The Kier molecular flexibility index (Phi) is 6.72. The Morgan fingerprint density at radius 3 is 2.60 bits per heavy atom. The molecule has 1 heterocycles. The van der Waals surface area contributed by atoms with Crippen LogP contribution in [0.2, 0.25) is 0 Å². The number of hydrogen-bond donors (Lipinski definition) is 1. The number of halogens is 1. The van der Waals surface area contributed by atoms with Gasteiger partial charge in [-0.2, -0.15) is 0 Å². The molecule has 1 unspecified atom stereocenters. The smallest absolute Gasteiger partial charge is 0.338 e. The molecule has 0 aliphatic carbocycles. The van der Waals surface area contributed by atoms with E-state index in [1.54, 1.807) is 38.1 Å². The molecule has 0 aromatic heterocycles. The van der Waals surface area contributed by atoms with E-state index in [1.165, 1.54) is 11.0 Å². The molecule has 2 aromatic rings. The second-order valence-electron chi connectivity index (χ2n) is 6.83. The summed E-state index contributed by atoms with van der Waals surface area (Å²) in [5, 5.41) is 2.73. The standard InChI is InChI=1S/C23H25FN2O4/c1-4-26-19(14-30-16-10-8-9-15(3)13-16)20(22(27)29-5-2)21(25-23(26)28)17-11-6-7-12-18(17)24/h6-13,21H,4-5,14H2,1-3H3,(H,25,28). The van der Waals surface area contributed by atoms with Crippen molar-refractivity contribution in [3.63, 3.8) is 0 Å². The predicted molar refractivity (Wildman–Crippen MR) is 110 cm³/mol. The van der Waals surface area contributed by atoms with E-state index in [0.717, 1.165) is 5.56 Å². The summed E-state index contributed by atoms with van der Waals surface area (Å²) < 4.78 is 25.7. The molecule has 1 atom stereocenters. The predicted octanol–water partition coefficient (Wildman–Crippen LogP) is 4.12. The van der Waals surface area contributed by atoms with E-state index in [0.29, 0.717) is 18.0 Å². The maximum atomic E-state index is 14.6. The van der Waals surface area contributed by atoms with Gasteiger partial charge < -0.3 is 14.8 Å². The first kappa shape index (κ1) is 21.4. The largest absolute Gasteiger partial charge is 0.487 e. The van der Waals surface area contributed by atoms with Gasteiger partial charge in [0.05, 0.1) is 23.9 Å². The summed E-state index contributed by atoms with van der Waals surface area (Å²) in [5.74, 6) is -0.532. The number of likely N-dealkylation sites (N-methyl/N-ethyl adjacent to an activating group) is 1. The highest BCUT2D eigenvalue weighted by Crippen LogP contribution is 2.33. The number of rotatable bonds is 7. The SMILES string of the molecule is CCOC(=O)C1=C(COc2cccc(C)c2)N(CC)C(=O)NC1c1ccccc1F. The Balaban J connectivity index is 2.09. The first-order valence-corrected chi connectivity index (χ1v) is 9.88. The molecule has 0 spiro atoms. The van der Waals surface area contributed by atoms with Crippen molar-refractivity contribution in [2.75, 3.05) is 19.8 Å². The molecular formula is C23H25FN2O4. The van der Waals surface area contributed by atoms with Crippen LogP contribution in [0.4, 0.5) is 9.18 Å². The van der Waals surface area contributed by atoms with Gasteiger partial charge in [-0.15, -0.1) is 0 Å². The van der Waals surface area contributed by atoms with Crippen LogP contribution in [-0.4, -0.2) is 36.7 Å². The molecule has 0 radical (unpaired) electrons. The van der Waals surface area contributed by atoms with Gasteiger partial charge in [-0.3, -0.25) is 4.90 Å². The van der Waals surface area contributed by atoms with Crippen LogP contribution in [0.3, 0.4) is 0 Å². The zero-order chi connectivity index (χ0) is 21.7. The van der Waals surface area contributed by atoms with Crippen LogP contribution in [0.15, 0.2) is 59.8 Å². The van der Waals surface area contributed by atoms with Crippen LogP contribution in [-0.2, 0) is 9.53 Å². The molecule has 1 aliphatic rings. The number of amides is 2. The lowest BCUT2D eigenvalue weighted by atomic mass is 9.94. The summed E-state index contributed by atoms with van der Waals surface area (Å²) in [6, 6.07) is 12.1. The number of carbonyl (C=O) groups is 2. The third-order valence-corrected chi connectivity index (χ3v) is 4.83. The topological polar surface area (TPSA) is 67.9 Å². The average molecular weight is 412 g/mol. The fraction of sp³-hybridized carbons (Fsp3) is 0.304. The Bertz CT molecular complexity index is 973. The van der Waals surface area contributed by atoms with Crippen LogP contribution in [0.5, 0.6) is 5.75 Å². The van der Waals surface area contributed by atoms with E-state index in [2.05, 4.69) is 5.32 Å². The maximum Gasteiger partial charge on any atom is 0.338 e. The minimum atomic E-state index is -0.975. The Labute approximate surface area is 175 Å². The molecule has 30 heavy (non-hydrogen) atoms. The molecule has 6 nitrogen and oxygen atoms in total. The monoisotopic (exact) mass is 412 g/mol. The van der Waals surface area contributed by atoms with Crippen molar-refractivity contribution in [2.24, 2.45) is 0 Å². The third kappa shape index (κ3) is 4.45. The van der Waals surface area contributed by atoms with Crippen molar-refractivity contribution >= 4 is 12.0 Å². The van der Waals surface area contributed by atoms with Gasteiger partial charge in [-0.25, -0.2) is 14.0 Å². The molecule has 0 saturated heterocycles. The summed E-state index contributed by atoms with van der Waals surface area (Å²) in [6.07, 6.45) is 0. The van der Waals surface area contributed by atoms with Gasteiger partial charge in [0.15, 0.2) is 0 Å². The quantitative estimate of drug-likeness (QED) is 0.695. The second-order valence-corrected chi connectivity index (χ2v) is 6.83. The molecule has 0 fully saturated rings. The highest BCUT2D eigenvalue weighted by molar-refractivity contribution is 5.95. The van der Waals surface area contributed by atoms with Gasteiger partial charge in [-0.1, -0.05) is 30.3 Å². The minimum Gasteiger partial charge on any atom is -0.487 e. The van der Waals surface area contributed by atoms with Crippen LogP contribution < -0.4 is 10.1 Å². The molecule has 2 aromatic carbocycles. The highest BCUT2D eigenvalue weighted by atomic mass is 19.1. The van der Waals surface area contributed by atoms with E-state index >= 15 is 0 Å². The summed E-state index contributed by atoms with van der Waals surface area (Å²) in [4.78, 5) is 27.1. The number of nitrogens with one attached hydrogen (secondary N) is 1. The van der Waals surface area contributed by atoms with Crippen molar-refractivity contribution in [3.8, 4) is 5.75 Å². The number of nitrogens with zero attached hydrogens (tertiary/aromatic N) is 1. The number of benzene rings is 2. The fourth-order valence-corrected chi connectivity index (χ4v) is 3.44. The first-order valence-electron chi connectivity index (χ1n) is 9.88. The van der Waals surface area contributed by atoms with Gasteiger partial charge in [-0.05, 0) is 44.5 Å². The number of carbonyl (C=O) groups excluding carboxylic acids is 2. The number of esters is 1. The van der Waals surface area contributed by atoms with Gasteiger partial charge in [0.1, 0.15) is 18.2 Å². The van der Waals surface area contributed by atoms with E-state index < -0.39 is 23.9 Å². The van der Waals surface area contributed by atoms with Gasteiger partial charge in [0.25, 0.3) is 0 Å². The number of aryl methyl sites for hydroxylation is 1. The molecule has 7 heteroatoms. The Hall–Kier alpha value is -3.35. The molecule has 0 saturated carbocycles. The van der Waals surface area contributed by atoms with Crippen molar-refractivity contribution < 1.29 is 23.5 Å². The van der Waals surface area contributed by atoms with Gasteiger partial charge in [0.2, 0.25) is 0 Å². The summed E-state index contributed by atoms with van der Waals surface area (Å²) in [6.45, 7) is 5.85. The van der Waals surface area contributed by atoms with E-state index in [-0.39, 0.29) is 24.4 Å². The molecule has 1 N–H and O–H groups in total.